The van der Waals surface area contributed by atoms with Crippen molar-refractivity contribution in [3.63, 3.8) is 0 Å². The maximum Gasteiger partial charge on any atom is 0.433 e. The van der Waals surface area contributed by atoms with Crippen LogP contribution < -0.4 is 0 Å². The second-order valence-corrected chi connectivity index (χ2v) is 5.52. The highest BCUT2D eigenvalue weighted by Crippen LogP contribution is 2.33. The summed E-state index contributed by atoms with van der Waals surface area (Å²) in [6, 6.07) is 13.3. The Morgan fingerprint density at radius 2 is 1.64 bits per heavy atom. The molecule has 0 unspecified atom stereocenters. The molecule has 0 aliphatic rings. The molecule has 0 atom stereocenters. The summed E-state index contributed by atoms with van der Waals surface area (Å²) >= 11 is 5.88. The highest BCUT2D eigenvalue weighted by atomic mass is 35.5. The molecule has 3 aromatic rings. The molecule has 0 radical (unpaired) electrons. The van der Waals surface area contributed by atoms with Crippen molar-refractivity contribution in [2.45, 2.75) is 13.1 Å². The summed E-state index contributed by atoms with van der Waals surface area (Å²) in [6.45, 7) is 1.83. The molecule has 0 amide bonds. The van der Waals surface area contributed by atoms with Crippen LogP contribution >= 0.6 is 11.6 Å². The van der Waals surface area contributed by atoms with Gasteiger partial charge in [-0.25, -0.2) is 4.98 Å². The van der Waals surface area contributed by atoms with Crippen molar-refractivity contribution in [1.82, 2.24) is 4.98 Å². The van der Waals surface area contributed by atoms with Gasteiger partial charge >= 0.3 is 6.18 Å². The fraction of sp³-hybridized carbons (Fsp3) is 0.118. The maximum atomic E-state index is 12.8. The van der Waals surface area contributed by atoms with E-state index in [0.29, 0.717) is 15.9 Å². The number of aromatic nitrogens is 1. The summed E-state index contributed by atoms with van der Waals surface area (Å²) in [5, 5.41) is 1.29. The smallest absolute Gasteiger partial charge is 0.243 e. The van der Waals surface area contributed by atoms with Crippen molar-refractivity contribution in [1.29, 1.82) is 0 Å². The lowest BCUT2D eigenvalue weighted by molar-refractivity contribution is -0.140. The van der Waals surface area contributed by atoms with Crippen LogP contribution in [0.5, 0.6) is 0 Å². The minimum absolute atomic E-state index is 0.333. The number of nitrogens with zero attached hydrogens (tertiary/aromatic N) is 1. The first kappa shape index (κ1) is 14.9. The SMILES string of the molecule is Cc1cc(-c2ccc(Cl)cc2)c2ccc(C(F)(F)F)nc2c1. The van der Waals surface area contributed by atoms with E-state index in [4.69, 9.17) is 11.6 Å². The number of aryl methyl sites for hydroxylation is 1. The van der Waals surface area contributed by atoms with Gasteiger partial charge in [0.2, 0.25) is 0 Å². The Labute approximate surface area is 130 Å². The average Bonchev–Trinajstić information content (AvgIpc) is 2.45. The van der Waals surface area contributed by atoms with E-state index in [-0.39, 0.29) is 0 Å². The van der Waals surface area contributed by atoms with E-state index in [1.807, 2.05) is 25.1 Å². The van der Waals surface area contributed by atoms with Crippen LogP contribution in [0.25, 0.3) is 22.0 Å². The quantitative estimate of drug-likeness (QED) is 0.545. The van der Waals surface area contributed by atoms with Gasteiger partial charge in [-0.1, -0.05) is 35.9 Å². The number of alkyl halides is 3. The summed E-state index contributed by atoms with van der Waals surface area (Å²) in [6.07, 6.45) is -4.45. The van der Waals surface area contributed by atoms with Crippen LogP contribution in [0.4, 0.5) is 13.2 Å². The van der Waals surface area contributed by atoms with Crippen molar-refractivity contribution < 1.29 is 13.2 Å². The molecule has 112 valence electrons. The monoisotopic (exact) mass is 321 g/mol. The first-order valence-corrected chi connectivity index (χ1v) is 6.97. The standard InChI is InChI=1S/C17H11ClF3N/c1-10-8-14(11-2-4-12(18)5-3-11)13-6-7-16(17(19,20)21)22-15(13)9-10/h2-9H,1H3. The molecule has 0 saturated carbocycles. The lowest BCUT2D eigenvalue weighted by Gasteiger charge is -2.11. The average molecular weight is 322 g/mol. The summed E-state index contributed by atoms with van der Waals surface area (Å²) < 4.78 is 38.4. The van der Waals surface area contributed by atoms with Crippen molar-refractivity contribution in [3.05, 3.63) is 64.8 Å². The summed E-state index contributed by atoms with van der Waals surface area (Å²) in [5.74, 6) is 0. The van der Waals surface area contributed by atoms with E-state index >= 15 is 0 Å². The fourth-order valence-corrected chi connectivity index (χ4v) is 2.53. The number of hydrogen-bond acceptors (Lipinski definition) is 1. The highest BCUT2D eigenvalue weighted by Gasteiger charge is 2.32. The normalized spacial score (nSPS) is 11.9. The number of fused-ring (bicyclic) bond motifs is 1. The molecule has 0 N–H and O–H groups in total. The third-order valence-corrected chi connectivity index (χ3v) is 3.65. The van der Waals surface area contributed by atoms with E-state index in [0.717, 1.165) is 22.8 Å². The Morgan fingerprint density at radius 1 is 0.955 bits per heavy atom. The van der Waals surface area contributed by atoms with Crippen LogP contribution in [0, 0.1) is 6.92 Å². The fourth-order valence-electron chi connectivity index (χ4n) is 2.40. The Hall–Kier alpha value is -2.07. The molecule has 0 saturated heterocycles. The van der Waals surface area contributed by atoms with Gasteiger partial charge < -0.3 is 0 Å². The van der Waals surface area contributed by atoms with Crippen LogP contribution in [0.2, 0.25) is 5.02 Å². The molecular formula is C17H11ClF3N. The van der Waals surface area contributed by atoms with E-state index in [9.17, 15) is 13.2 Å². The second-order valence-electron chi connectivity index (χ2n) is 5.08. The molecule has 0 fully saturated rings. The number of halogens is 4. The van der Waals surface area contributed by atoms with E-state index < -0.39 is 11.9 Å². The Bertz CT molecular complexity index is 839. The number of rotatable bonds is 1. The minimum Gasteiger partial charge on any atom is -0.243 e. The molecule has 3 rings (SSSR count). The van der Waals surface area contributed by atoms with Crippen molar-refractivity contribution in [2.24, 2.45) is 0 Å². The predicted molar refractivity (Wildman–Crippen MR) is 81.9 cm³/mol. The molecule has 1 heterocycles. The molecule has 2 aromatic carbocycles. The number of pyridine rings is 1. The predicted octanol–water partition coefficient (Wildman–Crippen LogP) is 5.88. The molecular weight excluding hydrogens is 311 g/mol. The Morgan fingerprint density at radius 3 is 2.27 bits per heavy atom. The topological polar surface area (TPSA) is 12.9 Å². The van der Waals surface area contributed by atoms with Gasteiger partial charge in [0.1, 0.15) is 5.69 Å². The first-order valence-electron chi connectivity index (χ1n) is 6.59. The number of benzene rings is 2. The molecule has 0 spiro atoms. The van der Waals surface area contributed by atoms with Gasteiger partial charge in [0.15, 0.2) is 0 Å². The van der Waals surface area contributed by atoms with Crippen LogP contribution in [-0.4, -0.2) is 4.98 Å². The summed E-state index contributed by atoms with van der Waals surface area (Å²) in [7, 11) is 0. The number of hydrogen-bond donors (Lipinski definition) is 0. The summed E-state index contributed by atoms with van der Waals surface area (Å²) in [4.78, 5) is 3.76. The third-order valence-electron chi connectivity index (χ3n) is 3.40. The summed E-state index contributed by atoms with van der Waals surface area (Å²) in [5.41, 5.74) is 2.03. The minimum atomic E-state index is -4.45. The van der Waals surface area contributed by atoms with Crippen LogP contribution in [0.3, 0.4) is 0 Å². The van der Waals surface area contributed by atoms with Gasteiger partial charge in [-0.15, -0.1) is 0 Å². The van der Waals surface area contributed by atoms with Crippen molar-refractivity contribution in [2.75, 3.05) is 0 Å². The van der Waals surface area contributed by atoms with Crippen LogP contribution in [-0.2, 0) is 6.18 Å². The zero-order valence-electron chi connectivity index (χ0n) is 11.6. The first-order chi connectivity index (χ1) is 10.3. The van der Waals surface area contributed by atoms with Crippen LogP contribution in [0.15, 0.2) is 48.5 Å². The maximum absolute atomic E-state index is 12.8. The van der Waals surface area contributed by atoms with Gasteiger partial charge in [-0.05, 0) is 47.9 Å². The molecule has 22 heavy (non-hydrogen) atoms. The van der Waals surface area contributed by atoms with E-state index in [1.54, 1.807) is 18.2 Å². The zero-order valence-corrected chi connectivity index (χ0v) is 12.3. The Balaban J connectivity index is 2.25. The molecule has 5 heteroatoms. The molecule has 0 aliphatic heterocycles. The zero-order chi connectivity index (χ0) is 15.9. The largest absolute Gasteiger partial charge is 0.433 e. The van der Waals surface area contributed by atoms with Crippen molar-refractivity contribution in [3.8, 4) is 11.1 Å². The van der Waals surface area contributed by atoms with Gasteiger partial charge in [-0.3, -0.25) is 0 Å². The van der Waals surface area contributed by atoms with E-state index in [1.165, 1.54) is 6.07 Å². The Kier molecular flexibility index (Phi) is 3.57. The molecule has 1 nitrogen and oxygen atoms in total. The van der Waals surface area contributed by atoms with Gasteiger partial charge in [0.05, 0.1) is 5.52 Å². The molecule has 0 bridgehead atoms. The van der Waals surface area contributed by atoms with Gasteiger partial charge in [0.25, 0.3) is 0 Å². The molecule has 1 aromatic heterocycles. The van der Waals surface area contributed by atoms with Gasteiger partial charge in [0, 0.05) is 10.4 Å². The van der Waals surface area contributed by atoms with Crippen molar-refractivity contribution >= 4 is 22.5 Å². The lowest BCUT2D eigenvalue weighted by atomic mass is 9.98. The molecule has 0 aliphatic carbocycles. The van der Waals surface area contributed by atoms with E-state index in [2.05, 4.69) is 4.98 Å². The van der Waals surface area contributed by atoms with Gasteiger partial charge in [-0.2, -0.15) is 13.2 Å². The second kappa shape index (κ2) is 5.29. The third kappa shape index (κ3) is 2.79. The van der Waals surface area contributed by atoms with Crippen LogP contribution in [0.1, 0.15) is 11.3 Å². The highest BCUT2D eigenvalue weighted by molar-refractivity contribution is 6.30. The lowest BCUT2D eigenvalue weighted by Crippen LogP contribution is -2.07.